The number of hydrogen-bond acceptors (Lipinski definition) is 14. The zero-order chi connectivity index (χ0) is 37.3. The van der Waals surface area contributed by atoms with Gasteiger partial charge in [-0.05, 0) is 95.6 Å². The predicted molar refractivity (Wildman–Crippen MR) is 184 cm³/mol. The Morgan fingerprint density at radius 3 is 1.75 bits per heavy atom. The lowest BCUT2D eigenvalue weighted by molar-refractivity contribution is -0.385. The molecule has 0 aliphatic rings. The summed E-state index contributed by atoms with van der Waals surface area (Å²) in [5.74, 6) is 0. The standard InChI is InChI=1S/C7H5ClN4O3.3C7H6ClN3O/c1-3-5(12(14)15)2-4(8)6-7(3)11(13)10-9-6;1-4-2-7-6(3-5(4)8)9-10-11(7)12;1-4-2-6-7(3-5(4)8)11(12)10-9-6;1-4-2-3-5-7(6(4)8)9-10-11(5)12/h2,13H,1H3;3*2-3,12H,1H3. The largest absolute Gasteiger partial charge is 0.410 e. The van der Waals surface area contributed by atoms with Gasteiger partial charge in [-0.1, -0.05) is 71.9 Å². The molecule has 0 amide bonds. The molecule has 0 aliphatic heterocycles. The van der Waals surface area contributed by atoms with Gasteiger partial charge in [-0.25, -0.2) is 0 Å². The van der Waals surface area contributed by atoms with Crippen LogP contribution in [0.4, 0.5) is 5.69 Å². The van der Waals surface area contributed by atoms with E-state index in [1.165, 1.54) is 13.0 Å². The first kappa shape index (κ1) is 36.5. The summed E-state index contributed by atoms with van der Waals surface area (Å²) in [5, 5.41) is 77.5. The van der Waals surface area contributed by atoms with E-state index in [0.717, 1.165) is 21.5 Å². The monoisotopic (exact) mass is 777 g/mol. The SMILES string of the molecule is Cc1c([N+](=O)[O-])cc(Cl)c2nnn(O)c12.Cc1cc2c(cc1Cl)nnn2O.Cc1cc2nnn(O)c2cc1Cl.Cc1ccc2c(nnn2O)c1Cl. The second-order valence-corrected chi connectivity index (χ2v) is 12.2. The molecule has 19 nitrogen and oxygen atoms in total. The number of hydrogen-bond donors (Lipinski definition) is 4. The molecular formula is C28H23Cl4N13O6. The Hall–Kier alpha value is -5.76. The molecule has 264 valence electrons. The Labute approximate surface area is 304 Å². The molecule has 4 N–H and O–H groups in total. The third-order valence-electron chi connectivity index (χ3n) is 7.23. The Morgan fingerprint density at radius 2 is 1.10 bits per heavy atom. The van der Waals surface area contributed by atoms with E-state index >= 15 is 0 Å². The fourth-order valence-electron chi connectivity index (χ4n) is 4.49. The predicted octanol–water partition coefficient (Wildman–Crippen LogP) is 6.43. The minimum atomic E-state index is -0.576. The average molecular weight is 779 g/mol. The summed E-state index contributed by atoms with van der Waals surface area (Å²) in [7, 11) is 0. The number of nitro benzene ring substituents is 1. The van der Waals surface area contributed by atoms with Crippen molar-refractivity contribution in [3.63, 3.8) is 0 Å². The molecule has 0 saturated carbocycles. The van der Waals surface area contributed by atoms with Gasteiger partial charge in [0.2, 0.25) is 0 Å². The van der Waals surface area contributed by atoms with Gasteiger partial charge in [-0.2, -0.15) is 0 Å². The summed E-state index contributed by atoms with van der Waals surface area (Å²) in [4.78, 5) is 12.7. The van der Waals surface area contributed by atoms with E-state index in [9.17, 15) is 15.3 Å². The van der Waals surface area contributed by atoms with Crippen molar-refractivity contribution in [2.75, 3.05) is 0 Å². The van der Waals surface area contributed by atoms with Gasteiger partial charge < -0.3 is 20.8 Å². The minimum absolute atomic E-state index is 0.0857. The number of rotatable bonds is 1. The van der Waals surface area contributed by atoms with E-state index in [4.69, 9.17) is 62.0 Å². The molecule has 0 saturated heterocycles. The van der Waals surface area contributed by atoms with Crippen LogP contribution in [0.5, 0.6) is 0 Å². The molecule has 0 radical (unpaired) electrons. The highest BCUT2D eigenvalue weighted by atomic mass is 35.5. The molecule has 8 rings (SSSR count). The lowest BCUT2D eigenvalue weighted by Gasteiger charge is -2.00. The fraction of sp³-hybridized carbons (Fsp3) is 0.143. The summed E-state index contributed by atoms with van der Waals surface area (Å²) in [6, 6.07) is 11.5. The van der Waals surface area contributed by atoms with Crippen LogP contribution >= 0.6 is 46.4 Å². The van der Waals surface area contributed by atoms with Crippen LogP contribution in [-0.2, 0) is 0 Å². The number of halogens is 4. The normalized spacial score (nSPS) is 10.8. The highest BCUT2D eigenvalue weighted by molar-refractivity contribution is 6.36. The third kappa shape index (κ3) is 7.41. The lowest BCUT2D eigenvalue weighted by Crippen LogP contribution is -1.97. The van der Waals surface area contributed by atoms with Crippen molar-refractivity contribution in [1.82, 2.24) is 60.6 Å². The molecule has 0 fully saturated rings. The van der Waals surface area contributed by atoms with Crippen molar-refractivity contribution < 1.29 is 25.8 Å². The van der Waals surface area contributed by atoms with E-state index in [-0.39, 0.29) is 27.3 Å². The molecule has 4 aromatic carbocycles. The molecule has 0 atom stereocenters. The van der Waals surface area contributed by atoms with Gasteiger partial charge >= 0.3 is 0 Å². The number of benzene rings is 4. The Bertz CT molecular complexity index is 2490. The first-order valence-electron chi connectivity index (χ1n) is 14.1. The van der Waals surface area contributed by atoms with E-state index in [2.05, 4.69) is 41.2 Å². The van der Waals surface area contributed by atoms with Crippen molar-refractivity contribution in [3.05, 3.63) is 94.9 Å². The van der Waals surface area contributed by atoms with Gasteiger partial charge in [0.1, 0.15) is 44.1 Å². The van der Waals surface area contributed by atoms with Gasteiger partial charge in [-0.15, -0.1) is 20.4 Å². The highest BCUT2D eigenvalue weighted by Crippen LogP contribution is 2.31. The highest BCUT2D eigenvalue weighted by Gasteiger charge is 2.21. The molecular weight excluding hydrogens is 756 g/mol. The summed E-state index contributed by atoms with van der Waals surface area (Å²) in [5.41, 5.74) is 6.57. The van der Waals surface area contributed by atoms with Crippen molar-refractivity contribution >= 4 is 96.2 Å². The van der Waals surface area contributed by atoms with Gasteiger partial charge in [0.15, 0.2) is 0 Å². The van der Waals surface area contributed by atoms with Crippen LogP contribution in [-0.4, -0.2) is 86.4 Å². The average Bonchev–Trinajstić information content (AvgIpc) is 3.86. The molecule has 4 aromatic heterocycles. The summed E-state index contributed by atoms with van der Waals surface area (Å²) >= 11 is 23.3. The smallest absolute Gasteiger partial charge is 0.276 e. The fourth-order valence-corrected chi connectivity index (χ4v) is 5.23. The van der Waals surface area contributed by atoms with Gasteiger partial charge in [0, 0.05) is 16.1 Å². The second-order valence-electron chi connectivity index (χ2n) is 10.6. The van der Waals surface area contributed by atoms with Crippen LogP contribution in [0.2, 0.25) is 20.1 Å². The molecule has 8 aromatic rings. The van der Waals surface area contributed by atoms with Crippen molar-refractivity contribution in [2.24, 2.45) is 0 Å². The van der Waals surface area contributed by atoms with E-state index in [0.29, 0.717) is 62.7 Å². The Balaban J connectivity index is 0.000000132. The van der Waals surface area contributed by atoms with Crippen LogP contribution in [0, 0.1) is 37.8 Å². The number of nitrogens with zero attached hydrogens (tertiary/aromatic N) is 13. The van der Waals surface area contributed by atoms with Gasteiger partial charge in [-0.3, -0.25) is 10.1 Å². The van der Waals surface area contributed by atoms with Crippen molar-refractivity contribution in [3.8, 4) is 0 Å². The maximum absolute atomic E-state index is 10.7. The quantitative estimate of drug-likeness (QED) is 0.0797. The van der Waals surface area contributed by atoms with Crippen LogP contribution < -0.4 is 0 Å². The van der Waals surface area contributed by atoms with Gasteiger partial charge in [0.25, 0.3) is 5.69 Å². The first-order chi connectivity index (χ1) is 24.1. The minimum Gasteiger partial charge on any atom is -0.410 e. The zero-order valence-electron chi connectivity index (χ0n) is 26.5. The third-order valence-corrected chi connectivity index (χ3v) is 8.81. The first-order valence-corrected chi connectivity index (χ1v) is 15.6. The maximum atomic E-state index is 10.7. The van der Waals surface area contributed by atoms with Crippen LogP contribution in [0.3, 0.4) is 0 Å². The van der Waals surface area contributed by atoms with Crippen LogP contribution in [0.1, 0.15) is 22.3 Å². The van der Waals surface area contributed by atoms with Crippen molar-refractivity contribution in [1.29, 1.82) is 0 Å². The summed E-state index contributed by atoms with van der Waals surface area (Å²) in [6.07, 6.45) is 0. The topological polar surface area (TPSA) is 247 Å². The summed E-state index contributed by atoms with van der Waals surface area (Å²) in [6.45, 7) is 7.10. The van der Waals surface area contributed by atoms with E-state index in [1.54, 1.807) is 36.4 Å². The summed E-state index contributed by atoms with van der Waals surface area (Å²) < 4.78 is 0. The molecule has 51 heavy (non-hydrogen) atoms. The van der Waals surface area contributed by atoms with Crippen LogP contribution in [0.25, 0.3) is 44.1 Å². The molecule has 0 bridgehead atoms. The number of aryl methyl sites for hydroxylation is 4. The molecule has 0 aliphatic carbocycles. The number of fused-ring (bicyclic) bond motifs is 4. The van der Waals surface area contributed by atoms with Gasteiger partial charge in [0.05, 0.1) is 20.5 Å². The molecule has 23 heteroatoms. The maximum Gasteiger partial charge on any atom is 0.276 e. The van der Waals surface area contributed by atoms with E-state index < -0.39 is 4.92 Å². The molecule has 0 spiro atoms. The Kier molecular flexibility index (Phi) is 10.5. The Morgan fingerprint density at radius 1 is 0.588 bits per heavy atom. The molecule has 4 heterocycles. The number of aromatic nitrogens is 12. The number of nitro groups is 1. The molecule has 0 unspecified atom stereocenters. The van der Waals surface area contributed by atoms with E-state index in [1.807, 2.05) is 20.8 Å². The zero-order valence-corrected chi connectivity index (χ0v) is 29.5. The lowest BCUT2D eigenvalue weighted by atomic mass is 10.1. The van der Waals surface area contributed by atoms with Crippen LogP contribution in [0.15, 0.2) is 42.5 Å². The van der Waals surface area contributed by atoms with Crippen molar-refractivity contribution in [2.45, 2.75) is 27.7 Å². The second kappa shape index (κ2) is 14.6.